The Morgan fingerprint density at radius 3 is 2.22 bits per heavy atom. The van der Waals surface area contributed by atoms with Gasteiger partial charge in [-0.3, -0.25) is 4.57 Å². The molecule has 0 N–H and O–H groups in total. The molecule has 0 aliphatic heterocycles. The summed E-state index contributed by atoms with van der Waals surface area (Å²) in [6.45, 7) is 25.0. The Morgan fingerprint density at radius 1 is 0.784 bits per heavy atom. The number of fused-ring (bicyclic) bond motifs is 3. The highest BCUT2D eigenvalue weighted by atomic mass is 16.5. The van der Waals surface area contributed by atoms with Gasteiger partial charge in [-0.1, -0.05) is 92.2 Å². The number of nitrogens with zero attached hydrogens (tertiary/aromatic N) is 4. The Bertz CT molecular complexity index is 2280. The van der Waals surface area contributed by atoms with Gasteiger partial charge in [0.1, 0.15) is 17.3 Å². The van der Waals surface area contributed by atoms with E-state index in [2.05, 4.69) is 164 Å². The molecule has 0 spiro atoms. The van der Waals surface area contributed by atoms with E-state index in [4.69, 9.17) is 14.8 Å². The normalized spacial score (nSPS) is 17.1. The van der Waals surface area contributed by atoms with Crippen molar-refractivity contribution >= 4 is 21.8 Å². The number of para-hydroxylation sites is 1. The summed E-state index contributed by atoms with van der Waals surface area (Å²) in [6.07, 6.45) is 6.74. The first-order valence-corrected chi connectivity index (χ1v) is 18.7. The number of allylic oxidation sites excluding steroid dienone is 2. The van der Waals surface area contributed by atoms with Crippen molar-refractivity contribution in [1.82, 2.24) is 19.3 Å². The Morgan fingerprint density at radius 2 is 1.51 bits per heavy atom. The molecular weight excluding hydrogens is 625 g/mol. The molecule has 2 atom stereocenters. The quantitative estimate of drug-likeness (QED) is 0.165. The first-order chi connectivity index (χ1) is 24.1. The second-order valence-electron chi connectivity index (χ2n) is 17.2. The Balaban J connectivity index is 1.37. The summed E-state index contributed by atoms with van der Waals surface area (Å²) in [7, 11) is 0. The van der Waals surface area contributed by atoms with E-state index in [1.165, 1.54) is 45.2 Å². The van der Waals surface area contributed by atoms with Gasteiger partial charge in [-0.15, -0.1) is 0 Å². The van der Waals surface area contributed by atoms with E-state index in [1.54, 1.807) is 0 Å². The predicted molar refractivity (Wildman–Crippen MR) is 213 cm³/mol. The molecule has 51 heavy (non-hydrogen) atoms. The van der Waals surface area contributed by atoms with Crippen LogP contribution in [-0.4, -0.2) is 19.3 Å². The van der Waals surface area contributed by atoms with Gasteiger partial charge in [0.05, 0.1) is 28.1 Å². The zero-order valence-electron chi connectivity index (χ0n) is 32.4. The van der Waals surface area contributed by atoms with Gasteiger partial charge < -0.3 is 4.74 Å². The summed E-state index contributed by atoms with van der Waals surface area (Å²) in [5, 5.41) is 7.65. The number of benzene rings is 3. The Hall–Kier alpha value is -4.64. The number of hydrogen-bond acceptors (Lipinski definition) is 3. The minimum atomic E-state index is -0.0888. The van der Waals surface area contributed by atoms with E-state index >= 15 is 0 Å². The summed E-state index contributed by atoms with van der Waals surface area (Å²) in [5.41, 5.74) is 10.9. The lowest BCUT2D eigenvalue weighted by Gasteiger charge is -2.30. The highest BCUT2D eigenvalue weighted by Crippen LogP contribution is 2.44. The maximum Gasteiger partial charge on any atom is 0.137 e. The number of ether oxygens (including phenoxy) is 1. The molecule has 1 aliphatic carbocycles. The van der Waals surface area contributed by atoms with Crippen LogP contribution >= 0.6 is 0 Å². The van der Waals surface area contributed by atoms with E-state index < -0.39 is 0 Å². The molecule has 6 aromatic rings. The van der Waals surface area contributed by atoms with E-state index in [1.807, 2.05) is 6.20 Å². The number of rotatable bonds is 6. The van der Waals surface area contributed by atoms with Crippen LogP contribution in [0.4, 0.5) is 0 Å². The number of pyridine rings is 1. The van der Waals surface area contributed by atoms with Gasteiger partial charge in [-0.05, 0) is 103 Å². The monoisotopic (exact) mass is 678 g/mol. The fourth-order valence-corrected chi connectivity index (χ4v) is 8.12. The van der Waals surface area contributed by atoms with Crippen molar-refractivity contribution in [1.29, 1.82) is 0 Å². The van der Waals surface area contributed by atoms with E-state index in [-0.39, 0.29) is 10.8 Å². The molecule has 7 rings (SSSR count). The van der Waals surface area contributed by atoms with Crippen molar-refractivity contribution in [2.45, 2.75) is 112 Å². The van der Waals surface area contributed by atoms with Crippen molar-refractivity contribution in [3.05, 3.63) is 119 Å². The molecule has 0 saturated carbocycles. The van der Waals surface area contributed by atoms with E-state index in [0.717, 1.165) is 46.2 Å². The van der Waals surface area contributed by atoms with Crippen molar-refractivity contribution < 1.29 is 4.74 Å². The summed E-state index contributed by atoms with van der Waals surface area (Å²) < 4.78 is 11.3. The van der Waals surface area contributed by atoms with Crippen LogP contribution in [0, 0.1) is 12.8 Å². The van der Waals surface area contributed by atoms with Crippen LogP contribution in [0.3, 0.4) is 0 Å². The number of hydrogen-bond donors (Lipinski definition) is 0. The lowest BCUT2D eigenvalue weighted by Crippen LogP contribution is -2.18. The Labute approximate surface area is 304 Å². The van der Waals surface area contributed by atoms with Crippen molar-refractivity contribution in [3.8, 4) is 23.0 Å². The van der Waals surface area contributed by atoms with Gasteiger partial charge in [0, 0.05) is 40.6 Å². The molecule has 0 amide bonds. The highest BCUT2D eigenvalue weighted by Gasteiger charge is 2.32. The molecule has 0 fully saturated rings. The summed E-state index contributed by atoms with van der Waals surface area (Å²) in [5.74, 6) is 3.78. The van der Waals surface area contributed by atoms with Crippen LogP contribution in [0.25, 0.3) is 33.3 Å². The predicted octanol–water partition coefficient (Wildman–Crippen LogP) is 12.6. The van der Waals surface area contributed by atoms with Gasteiger partial charge in [0.15, 0.2) is 0 Å². The van der Waals surface area contributed by atoms with Crippen LogP contribution in [0.5, 0.6) is 11.5 Å². The molecule has 264 valence electrons. The van der Waals surface area contributed by atoms with Crippen molar-refractivity contribution in [2.24, 2.45) is 5.92 Å². The second kappa shape index (κ2) is 12.8. The fraction of sp³-hybridized carbons (Fsp3) is 0.391. The molecule has 3 heterocycles. The van der Waals surface area contributed by atoms with Crippen LogP contribution in [0.1, 0.15) is 122 Å². The first-order valence-electron chi connectivity index (χ1n) is 18.7. The number of aromatic nitrogens is 4. The van der Waals surface area contributed by atoms with Crippen molar-refractivity contribution in [2.75, 3.05) is 0 Å². The molecule has 0 bridgehead atoms. The van der Waals surface area contributed by atoms with Gasteiger partial charge in [0.2, 0.25) is 0 Å². The van der Waals surface area contributed by atoms with Gasteiger partial charge in [-0.25, -0.2) is 9.67 Å². The second-order valence-corrected chi connectivity index (χ2v) is 17.2. The molecule has 3 aromatic carbocycles. The Kier molecular flexibility index (Phi) is 8.76. The van der Waals surface area contributed by atoms with Gasteiger partial charge in [0.25, 0.3) is 0 Å². The topological polar surface area (TPSA) is 44.9 Å². The molecule has 3 aromatic heterocycles. The van der Waals surface area contributed by atoms with Crippen LogP contribution in [0.15, 0.2) is 90.6 Å². The third kappa shape index (κ3) is 6.41. The largest absolute Gasteiger partial charge is 0.457 e. The van der Waals surface area contributed by atoms with Crippen LogP contribution in [-0.2, 0) is 10.8 Å². The maximum atomic E-state index is 6.85. The lowest BCUT2D eigenvalue weighted by molar-refractivity contribution is 0.445. The maximum absolute atomic E-state index is 6.85. The van der Waals surface area contributed by atoms with Gasteiger partial charge in [-0.2, -0.15) is 5.10 Å². The highest BCUT2D eigenvalue weighted by molar-refractivity contribution is 6.09. The average Bonchev–Trinajstić information content (AvgIpc) is 3.58. The molecule has 0 saturated heterocycles. The average molecular weight is 679 g/mol. The molecular formula is C46H54N4O. The minimum absolute atomic E-state index is 0.00793. The summed E-state index contributed by atoms with van der Waals surface area (Å²) >= 11 is 0. The summed E-state index contributed by atoms with van der Waals surface area (Å²) in [4.78, 5) is 4.88. The van der Waals surface area contributed by atoms with Crippen molar-refractivity contribution in [3.63, 3.8) is 0 Å². The number of aryl methyl sites for hydroxylation is 1. The molecule has 5 nitrogen and oxygen atoms in total. The third-order valence-electron chi connectivity index (χ3n) is 10.9. The lowest BCUT2D eigenvalue weighted by atomic mass is 9.74. The van der Waals surface area contributed by atoms with Crippen LogP contribution < -0.4 is 4.74 Å². The third-order valence-corrected chi connectivity index (χ3v) is 10.9. The minimum Gasteiger partial charge on any atom is -0.457 e. The molecule has 1 unspecified atom stereocenters. The summed E-state index contributed by atoms with van der Waals surface area (Å²) in [6, 6.07) is 26.0. The smallest absolute Gasteiger partial charge is 0.137 e. The zero-order chi connectivity index (χ0) is 36.4. The van der Waals surface area contributed by atoms with E-state index in [0.29, 0.717) is 17.8 Å². The fourth-order valence-electron chi connectivity index (χ4n) is 8.12. The van der Waals surface area contributed by atoms with E-state index in [9.17, 15) is 0 Å². The van der Waals surface area contributed by atoms with Gasteiger partial charge >= 0.3 is 0 Å². The standard InChI is InChI=1S/C46H54N4O/c1-28(2)44-43(42-29(3)15-14-16-30(42)4)31(5)48-50(44)34-23-33(46(9,10)11)24-36(26-34)51-35-19-20-38-37-17-12-13-18-39(37)49(40(38)27-35)41-25-32(21-22-47-41)45(6,7)8/h12-13,15,17-28,30,42H,14,16H2,1-11H3/t30-,42?/m0/s1. The van der Waals surface area contributed by atoms with Crippen LogP contribution in [0.2, 0.25) is 0 Å². The molecule has 1 aliphatic rings. The SMILES string of the molecule is CC1=CCC[C@H](C)C1c1c(C)nn(-c2cc(Oc3ccc4c5ccccc5n(-c5cc(C(C)(C)C)ccn5)c4c3)cc(C(C)(C)C)c2)c1C(C)C. The first kappa shape index (κ1) is 34.8. The molecule has 0 radical (unpaired) electrons. The molecule has 5 heteroatoms. The zero-order valence-corrected chi connectivity index (χ0v) is 32.4.